The maximum Gasteiger partial charge on any atom is 0.362 e. The number of fused-ring (bicyclic) bond motifs is 3. The zero-order chi connectivity index (χ0) is 24.7. The number of hydrogen-bond donors (Lipinski definition) is 1. The average molecular weight is 475 g/mol. The van der Waals surface area contributed by atoms with Crippen LogP contribution in [0.2, 0.25) is 0 Å². The van der Waals surface area contributed by atoms with Gasteiger partial charge in [0.05, 0.1) is 27.2 Å². The number of esters is 1. The molecule has 35 heavy (non-hydrogen) atoms. The van der Waals surface area contributed by atoms with Crippen molar-refractivity contribution in [2.24, 2.45) is 0 Å². The van der Waals surface area contributed by atoms with Gasteiger partial charge in [0.1, 0.15) is 28.1 Å². The molecule has 0 amide bonds. The Kier molecular flexibility index (Phi) is 5.40. The van der Waals surface area contributed by atoms with Gasteiger partial charge in [-0.2, -0.15) is 4.98 Å². The molecule has 0 radical (unpaired) electrons. The van der Waals surface area contributed by atoms with Crippen LogP contribution in [-0.2, 0) is 9.53 Å². The lowest BCUT2D eigenvalue weighted by atomic mass is 9.87. The number of rotatable bonds is 5. The number of hydrogen-bond acceptors (Lipinski definition) is 9. The van der Waals surface area contributed by atoms with E-state index in [2.05, 4.69) is 4.98 Å². The molecule has 0 saturated carbocycles. The predicted octanol–water partition coefficient (Wildman–Crippen LogP) is 1.32. The summed E-state index contributed by atoms with van der Waals surface area (Å²) in [5, 5.41) is 0.108. The summed E-state index contributed by atoms with van der Waals surface area (Å²) in [5.74, 6) is -0.139. The summed E-state index contributed by atoms with van der Waals surface area (Å²) < 4.78 is 28.4. The summed E-state index contributed by atoms with van der Waals surface area (Å²) >= 11 is 0. The van der Waals surface area contributed by atoms with Crippen molar-refractivity contribution in [2.75, 3.05) is 27.1 Å². The maximum absolute atomic E-state index is 13.1. The third kappa shape index (κ3) is 3.65. The van der Waals surface area contributed by atoms with Crippen LogP contribution >= 0.6 is 0 Å². The molecule has 0 aliphatic carbocycles. The molecule has 1 atom stereocenters. The van der Waals surface area contributed by atoms with Gasteiger partial charge in [0.15, 0.2) is 0 Å². The molecular weight excluding hydrogens is 454 g/mol. The summed E-state index contributed by atoms with van der Waals surface area (Å²) in [6, 6.07) is 14.1. The number of ether oxygens (including phenoxy) is 3. The van der Waals surface area contributed by atoms with Crippen molar-refractivity contribution in [1.82, 2.24) is 9.55 Å². The molecule has 0 spiro atoms. The van der Waals surface area contributed by atoms with Crippen molar-refractivity contribution >= 4 is 23.6 Å². The highest BCUT2D eigenvalue weighted by Crippen LogP contribution is 2.39. The standard InChI is InChI=1S/C25H21N3O7/c1-31-15-8-4-6-13(10-15)11-17-23(29)34-21-19(24(30)33-3)18(14-7-5-9-16(12-14)32-2)20-22(28(17)21)35-25(26)27-20/h4-12,18H,1-3H3,(H2,26,27)/b17-11+. The fourth-order valence-corrected chi connectivity index (χ4v) is 4.19. The SMILES string of the molecule is COC(=O)C1=c2oc(=O)/c(=C\c3cccc(OC)c3)n2-c2oc(N)nc2C1c1cccc(OC)c1. The van der Waals surface area contributed by atoms with Crippen molar-refractivity contribution in [3.05, 3.63) is 86.7 Å². The number of methoxy groups -OCH3 is 3. The molecule has 0 fully saturated rings. The first kappa shape index (κ1) is 22.1. The van der Waals surface area contributed by atoms with Crippen LogP contribution < -0.4 is 31.7 Å². The molecule has 4 aromatic rings. The molecule has 178 valence electrons. The van der Waals surface area contributed by atoms with E-state index in [-0.39, 0.29) is 28.4 Å². The summed E-state index contributed by atoms with van der Waals surface area (Å²) in [6.07, 6.45) is 1.60. The van der Waals surface area contributed by atoms with Gasteiger partial charge in [0.25, 0.3) is 6.01 Å². The van der Waals surface area contributed by atoms with E-state index < -0.39 is 17.5 Å². The summed E-state index contributed by atoms with van der Waals surface area (Å²) in [5.41, 5.74) is 6.93. The van der Waals surface area contributed by atoms with Crippen molar-refractivity contribution in [3.63, 3.8) is 0 Å². The van der Waals surface area contributed by atoms with Gasteiger partial charge in [-0.25, -0.2) is 14.2 Å². The Morgan fingerprint density at radius 1 is 1.06 bits per heavy atom. The number of benzene rings is 2. The fourth-order valence-electron chi connectivity index (χ4n) is 4.19. The van der Waals surface area contributed by atoms with Crippen LogP contribution in [0.1, 0.15) is 22.7 Å². The molecule has 3 heterocycles. The van der Waals surface area contributed by atoms with Gasteiger partial charge in [-0.15, -0.1) is 0 Å². The normalized spacial score (nSPS) is 14.9. The molecule has 1 unspecified atom stereocenters. The van der Waals surface area contributed by atoms with Crippen molar-refractivity contribution in [3.8, 4) is 17.4 Å². The molecule has 2 aromatic heterocycles. The minimum Gasteiger partial charge on any atom is -0.497 e. The molecule has 0 bridgehead atoms. The second kappa shape index (κ2) is 8.56. The third-order valence-electron chi connectivity index (χ3n) is 5.72. The van der Waals surface area contributed by atoms with Crippen LogP contribution in [0.3, 0.4) is 0 Å². The number of nitrogen functional groups attached to an aromatic ring is 1. The quantitative estimate of drug-likeness (QED) is 0.424. The predicted molar refractivity (Wildman–Crippen MR) is 125 cm³/mol. The van der Waals surface area contributed by atoms with Gasteiger partial charge >= 0.3 is 11.6 Å². The van der Waals surface area contributed by atoms with Crippen LogP contribution in [-0.4, -0.2) is 36.8 Å². The Balaban J connectivity index is 1.88. The van der Waals surface area contributed by atoms with E-state index in [1.807, 2.05) is 0 Å². The summed E-state index contributed by atoms with van der Waals surface area (Å²) in [7, 11) is 4.33. The van der Waals surface area contributed by atoms with Crippen LogP contribution in [0.4, 0.5) is 6.01 Å². The molecule has 0 saturated heterocycles. The lowest BCUT2D eigenvalue weighted by Gasteiger charge is -2.21. The van der Waals surface area contributed by atoms with Gasteiger partial charge in [-0.3, -0.25) is 0 Å². The van der Waals surface area contributed by atoms with Crippen molar-refractivity contribution < 1.29 is 27.8 Å². The molecule has 10 nitrogen and oxygen atoms in total. The van der Waals surface area contributed by atoms with Gasteiger partial charge < -0.3 is 28.8 Å². The third-order valence-corrected chi connectivity index (χ3v) is 5.72. The lowest BCUT2D eigenvalue weighted by molar-refractivity contribution is -0.134. The summed E-state index contributed by atoms with van der Waals surface area (Å²) in [4.78, 5) is 30.5. The highest BCUT2D eigenvalue weighted by molar-refractivity contribution is 6.12. The number of nitrogens with two attached hydrogens (primary N) is 1. The first-order chi connectivity index (χ1) is 16.9. The number of carbonyl (C=O) groups is 1. The van der Waals surface area contributed by atoms with E-state index in [0.29, 0.717) is 28.3 Å². The Morgan fingerprint density at radius 3 is 2.49 bits per heavy atom. The molecule has 1 aliphatic rings. The fraction of sp³-hybridized carbons (Fsp3) is 0.160. The molecule has 5 rings (SSSR count). The van der Waals surface area contributed by atoms with Gasteiger partial charge in [-0.1, -0.05) is 24.3 Å². The van der Waals surface area contributed by atoms with E-state index in [9.17, 15) is 9.59 Å². The molecular formula is C25H21N3O7. The van der Waals surface area contributed by atoms with Crippen LogP contribution in [0.15, 0.2) is 62.2 Å². The highest BCUT2D eigenvalue weighted by atomic mass is 16.5. The van der Waals surface area contributed by atoms with Gasteiger partial charge in [0.2, 0.25) is 11.4 Å². The van der Waals surface area contributed by atoms with E-state index in [1.54, 1.807) is 61.7 Å². The molecule has 1 aliphatic heterocycles. The van der Waals surface area contributed by atoms with Crippen molar-refractivity contribution in [1.29, 1.82) is 0 Å². The maximum atomic E-state index is 13.1. The van der Waals surface area contributed by atoms with E-state index in [4.69, 9.17) is 28.8 Å². The van der Waals surface area contributed by atoms with Crippen LogP contribution in [0.5, 0.6) is 11.5 Å². The number of carbonyl (C=O) groups excluding carboxylic acids is 1. The van der Waals surface area contributed by atoms with E-state index in [0.717, 1.165) is 0 Å². The lowest BCUT2D eigenvalue weighted by Crippen LogP contribution is -2.37. The van der Waals surface area contributed by atoms with Crippen LogP contribution in [0.25, 0.3) is 17.5 Å². The zero-order valence-corrected chi connectivity index (χ0v) is 19.1. The highest BCUT2D eigenvalue weighted by Gasteiger charge is 2.39. The minimum atomic E-state index is -0.788. The number of aromatic nitrogens is 2. The first-order valence-corrected chi connectivity index (χ1v) is 10.6. The smallest absolute Gasteiger partial charge is 0.362 e. The average Bonchev–Trinajstić information content (AvgIpc) is 3.41. The van der Waals surface area contributed by atoms with E-state index in [1.165, 1.54) is 18.8 Å². The number of oxazole rings is 2. The van der Waals surface area contributed by atoms with Crippen molar-refractivity contribution in [2.45, 2.75) is 5.92 Å². The summed E-state index contributed by atoms with van der Waals surface area (Å²) in [6.45, 7) is 0. The van der Waals surface area contributed by atoms with Gasteiger partial charge in [0, 0.05) is 0 Å². The van der Waals surface area contributed by atoms with Gasteiger partial charge in [-0.05, 0) is 41.5 Å². The monoisotopic (exact) mass is 475 g/mol. The number of nitrogens with zero attached hydrogens (tertiary/aromatic N) is 2. The Morgan fingerprint density at radius 2 is 1.77 bits per heavy atom. The topological polar surface area (TPSA) is 132 Å². The second-order valence-electron chi connectivity index (χ2n) is 7.69. The minimum absolute atomic E-state index is 0.0348. The zero-order valence-electron chi connectivity index (χ0n) is 19.1. The Bertz CT molecular complexity index is 1630. The number of anilines is 1. The molecule has 10 heteroatoms. The first-order valence-electron chi connectivity index (χ1n) is 10.6. The van der Waals surface area contributed by atoms with Crippen LogP contribution in [0, 0.1) is 0 Å². The second-order valence-corrected chi connectivity index (χ2v) is 7.69. The van der Waals surface area contributed by atoms with E-state index >= 15 is 0 Å². The molecule has 2 aromatic carbocycles. The Labute approximate surface area is 198 Å². The molecule has 2 N–H and O–H groups in total. The Hall–Kier alpha value is -4.73. The largest absolute Gasteiger partial charge is 0.497 e.